The highest BCUT2D eigenvalue weighted by Crippen LogP contribution is 2.28. The first-order valence-electron chi connectivity index (χ1n) is 8.18. The average Bonchev–Trinajstić information content (AvgIpc) is 3.40. The molecule has 1 amide bonds. The van der Waals surface area contributed by atoms with E-state index in [1.807, 2.05) is 48.5 Å². The predicted octanol–water partition coefficient (Wildman–Crippen LogP) is 2.80. The van der Waals surface area contributed by atoms with Gasteiger partial charge in [0, 0.05) is 25.0 Å². The number of primary amides is 1. The van der Waals surface area contributed by atoms with Crippen LogP contribution in [-0.2, 0) is 11.2 Å². The van der Waals surface area contributed by atoms with Crippen LogP contribution in [0.15, 0.2) is 71.5 Å². The highest BCUT2D eigenvalue weighted by molar-refractivity contribution is 5.79. The van der Waals surface area contributed by atoms with Crippen LogP contribution in [0.2, 0.25) is 0 Å². The fraction of sp³-hybridized carbons (Fsp3) is 0.105. The Balaban J connectivity index is 1.68. The number of nitrogens with zero attached hydrogens (tertiary/aromatic N) is 3. The Kier molecular flexibility index (Phi) is 4.10. The molecule has 3 aromatic heterocycles. The lowest BCUT2D eigenvalue weighted by Gasteiger charge is -2.17. The monoisotopic (exact) mass is 347 g/mol. The van der Waals surface area contributed by atoms with Gasteiger partial charge in [-0.2, -0.15) is 5.10 Å². The molecule has 0 saturated heterocycles. The predicted molar refractivity (Wildman–Crippen MR) is 95.9 cm³/mol. The first kappa shape index (κ1) is 15.9. The summed E-state index contributed by atoms with van der Waals surface area (Å²) in [6.45, 7) is 0. The Morgan fingerprint density at radius 1 is 1.12 bits per heavy atom. The van der Waals surface area contributed by atoms with E-state index in [0.29, 0.717) is 23.8 Å². The van der Waals surface area contributed by atoms with Gasteiger partial charge in [0.2, 0.25) is 5.91 Å². The van der Waals surface area contributed by atoms with Gasteiger partial charge in [-0.15, -0.1) is 0 Å². The van der Waals surface area contributed by atoms with E-state index >= 15 is 0 Å². The van der Waals surface area contributed by atoms with E-state index < -0.39 is 11.9 Å². The largest absolute Gasteiger partial charge is 0.451 e. The zero-order chi connectivity index (χ0) is 17.9. The number of nitrogens with one attached hydrogen (secondary N) is 1. The summed E-state index contributed by atoms with van der Waals surface area (Å²) in [5.74, 6) is 1.33. The molecule has 0 bridgehead atoms. The van der Waals surface area contributed by atoms with E-state index in [0.717, 1.165) is 11.3 Å². The topological polar surface area (TPSA) is 103 Å². The van der Waals surface area contributed by atoms with Crippen LogP contribution in [0.5, 0.6) is 0 Å². The molecule has 0 saturated carbocycles. The molecule has 3 N–H and O–H groups in total. The summed E-state index contributed by atoms with van der Waals surface area (Å²) in [6, 6.07) is 14.6. The summed E-state index contributed by atoms with van der Waals surface area (Å²) in [4.78, 5) is 16.5. The SMILES string of the molecule is NC(=O)[C@H](Cc1ccccc1)n1ccnc1-c1ccc(-c2ccn[nH]2)o1. The Morgan fingerprint density at radius 2 is 1.92 bits per heavy atom. The van der Waals surface area contributed by atoms with Crippen molar-refractivity contribution in [2.45, 2.75) is 12.5 Å². The molecular weight excluding hydrogens is 330 g/mol. The number of H-pyrrole nitrogens is 1. The summed E-state index contributed by atoms with van der Waals surface area (Å²) >= 11 is 0. The first-order valence-corrected chi connectivity index (χ1v) is 8.18. The molecule has 3 heterocycles. The molecule has 1 aromatic carbocycles. The van der Waals surface area contributed by atoms with E-state index in [1.165, 1.54) is 0 Å². The number of furan rings is 1. The second-order valence-corrected chi connectivity index (χ2v) is 5.90. The quantitative estimate of drug-likeness (QED) is 0.560. The number of rotatable bonds is 6. The van der Waals surface area contributed by atoms with Crippen molar-refractivity contribution in [3.8, 4) is 23.0 Å². The standard InChI is InChI=1S/C19H17N5O2/c20-18(25)15(12-13-4-2-1-3-5-13)24-11-10-21-19(24)17-7-6-16(26-17)14-8-9-22-23-14/h1-11,15H,12H2,(H2,20,25)(H,22,23)/t15-/m0/s1. The van der Waals surface area contributed by atoms with Crippen LogP contribution < -0.4 is 5.73 Å². The third-order valence-corrected chi connectivity index (χ3v) is 4.20. The van der Waals surface area contributed by atoms with Crippen molar-refractivity contribution in [3.05, 3.63) is 72.7 Å². The molecule has 26 heavy (non-hydrogen) atoms. The lowest BCUT2D eigenvalue weighted by atomic mass is 10.1. The first-order chi connectivity index (χ1) is 12.7. The Labute approximate surface area is 149 Å². The van der Waals surface area contributed by atoms with Crippen molar-refractivity contribution in [2.24, 2.45) is 5.73 Å². The number of imidazole rings is 1. The molecule has 130 valence electrons. The zero-order valence-electron chi connectivity index (χ0n) is 13.9. The van der Waals surface area contributed by atoms with Gasteiger partial charge in [0.05, 0.1) is 0 Å². The number of hydrogen-bond donors (Lipinski definition) is 2. The zero-order valence-corrected chi connectivity index (χ0v) is 13.9. The van der Waals surface area contributed by atoms with Crippen LogP contribution in [0, 0.1) is 0 Å². The molecule has 0 unspecified atom stereocenters. The van der Waals surface area contributed by atoms with Gasteiger partial charge in [0.15, 0.2) is 17.3 Å². The van der Waals surface area contributed by atoms with Crippen molar-refractivity contribution in [1.82, 2.24) is 19.7 Å². The van der Waals surface area contributed by atoms with Gasteiger partial charge in [-0.05, 0) is 23.8 Å². The van der Waals surface area contributed by atoms with Crippen LogP contribution in [0.25, 0.3) is 23.0 Å². The minimum absolute atomic E-state index is 0.423. The van der Waals surface area contributed by atoms with Gasteiger partial charge in [-0.1, -0.05) is 30.3 Å². The summed E-state index contributed by atoms with van der Waals surface area (Å²) < 4.78 is 7.64. The van der Waals surface area contributed by atoms with E-state index in [-0.39, 0.29) is 0 Å². The normalized spacial score (nSPS) is 12.2. The minimum atomic E-state index is -0.560. The lowest BCUT2D eigenvalue weighted by molar-refractivity contribution is -0.121. The van der Waals surface area contributed by atoms with Crippen LogP contribution in [-0.4, -0.2) is 25.7 Å². The van der Waals surface area contributed by atoms with Gasteiger partial charge in [-0.25, -0.2) is 4.98 Å². The molecule has 0 aliphatic rings. The number of nitrogens with two attached hydrogens (primary N) is 1. The van der Waals surface area contributed by atoms with Gasteiger partial charge >= 0.3 is 0 Å². The van der Waals surface area contributed by atoms with Gasteiger partial charge < -0.3 is 14.7 Å². The molecule has 0 fully saturated rings. The number of aromatic amines is 1. The van der Waals surface area contributed by atoms with Crippen LogP contribution in [0.3, 0.4) is 0 Å². The Morgan fingerprint density at radius 3 is 2.65 bits per heavy atom. The molecular formula is C19H17N5O2. The maximum absolute atomic E-state index is 12.1. The third-order valence-electron chi connectivity index (χ3n) is 4.20. The number of amides is 1. The smallest absolute Gasteiger partial charge is 0.240 e. The number of carbonyl (C=O) groups is 1. The molecule has 7 nitrogen and oxygen atoms in total. The second kappa shape index (κ2) is 6.72. The maximum Gasteiger partial charge on any atom is 0.240 e. The Bertz CT molecular complexity index is 1000. The van der Waals surface area contributed by atoms with Crippen LogP contribution in [0.4, 0.5) is 0 Å². The highest BCUT2D eigenvalue weighted by atomic mass is 16.3. The summed E-state index contributed by atoms with van der Waals surface area (Å²) in [5, 5.41) is 6.77. The van der Waals surface area contributed by atoms with E-state index in [1.54, 1.807) is 23.2 Å². The molecule has 0 aliphatic carbocycles. The average molecular weight is 347 g/mol. The molecule has 0 aliphatic heterocycles. The lowest BCUT2D eigenvalue weighted by Crippen LogP contribution is -2.28. The van der Waals surface area contributed by atoms with E-state index in [9.17, 15) is 4.79 Å². The molecule has 7 heteroatoms. The highest BCUT2D eigenvalue weighted by Gasteiger charge is 2.23. The van der Waals surface area contributed by atoms with Gasteiger partial charge in [0.25, 0.3) is 0 Å². The van der Waals surface area contributed by atoms with Crippen molar-refractivity contribution in [3.63, 3.8) is 0 Å². The van der Waals surface area contributed by atoms with Crippen molar-refractivity contribution >= 4 is 5.91 Å². The maximum atomic E-state index is 12.1. The summed E-state index contributed by atoms with van der Waals surface area (Å²) in [5.41, 5.74) is 7.46. The molecule has 0 radical (unpaired) electrons. The van der Waals surface area contributed by atoms with Crippen molar-refractivity contribution in [1.29, 1.82) is 0 Å². The summed E-state index contributed by atoms with van der Waals surface area (Å²) in [6.07, 6.45) is 5.51. The van der Waals surface area contributed by atoms with Gasteiger partial charge in [-0.3, -0.25) is 9.89 Å². The number of benzene rings is 1. The van der Waals surface area contributed by atoms with Crippen LogP contribution >= 0.6 is 0 Å². The van der Waals surface area contributed by atoms with Crippen molar-refractivity contribution < 1.29 is 9.21 Å². The fourth-order valence-corrected chi connectivity index (χ4v) is 2.92. The minimum Gasteiger partial charge on any atom is -0.451 e. The molecule has 4 aromatic rings. The van der Waals surface area contributed by atoms with Crippen LogP contribution in [0.1, 0.15) is 11.6 Å². The van der Waals surface area contributed by atoms with Gasteiger partial charge in [0.1, 0.15) is 11.7 Å². The number of carbonyl (C=O) groups excluding carboxylic acids is 1. The van der Waals surface area contributed by atoms with Crippen molar-refractivity contribution in [2.75, 3.05) is 0 Å². The number of hydrogen-bond acceptors (Lipinski definition) is 4. The second-order valence-electron chi connectivity index (χ2n) is 5.90. The number of aromatic nitrogens is 4. The van der Waals surface area contributed by atoms with E-state index in [4.69, 9.17) is 10.2 Å². The summed E-state index contributed by atoms with van der Waals surface area (Å²) in [7, 11) is 0. The third kappa shape index (κ3) is 3.02. The Hall–Kier alpha value is -3.61. The molecule has 0 spiro atoms. The van der Waals surface area contributed by atoms with E-state index in [2.05, 4.69) is 15.2 Å². The molecule has 4 rings (SSSR count). The fourth-order valence-electron chi connectivity index (χ4n) is 2.92. The molecule has 1 atom stereocenters.